The maximum atomic E-state index is 13.4. The number of anilines is 1. The molecule has 1 heterocycles. The molecule has 1 amide bonds. The summed E-state index contributed by atoms with van der Waals surface area (Å²) in [6, 6.07) is 13.1. The van der Waals surface area contributed by atoms with Gasteiger partial charge in [-0.15, -0.1) is 0 Å². The Labute approximate surface area is 184 Å². The summed E-state index contributed by atoms with van der Waals surface area (Å²) in [6.45, 7) is 5.74. The summed E-state index contributed by atoms with van der Waals surface area (Å²) in [5.74, 6) is 0.889. The number of nitrogens with zero attached hydrogens (tertiary/aromatic N) is 1. The van der Waals surface area contributed by atoms with Crippen molar-refractivity contribution >= 4 is 21.6 Å². The van der Waals surface area contributed by atoms with E-state index in [4.69, 9.17) is 9.47 Å². The smallest absolute Gasteiger partial charge is 0.244 e. The van der Waals surface area contributed by atoms with Crippen LogP contribution in [-0.2, 0) is 14.8 Å². The van der Waals surface area contributed by atoms with Crippen LogP contribution in [0.3, 0.4) is 0 Å². The molecule has 1 aliphatic heterocycles. The normalized spacial score (nSPS) is 18.3. The minimum atomic E-state index is -3.73. The van der Waals surface area contributed by atoms with Crippen molar-refractivity contribution in [2.75, 3.05) is 17.7 Å². The Morgan fingerprint density at radius 1 is 1.26 bits per heavy atom. The molecule has 7 nitrogen and oxygen atoms in total. The molecule has 0 spiro atoms. The molecule has 1 N–H and O–H groups in total. The summed E-state index contributed by atoms with van der Waals surface area (Å²) in [5.41, 5.74) is 0.811. The molecule has 1 aliphatic rings. The molecule has 0 radical (unpaired) electrons. The van der Waals surface area contributed by atoms with Gasteiger partial charge in [-0.2, -0.15) is 0 Å². The third-order valence-corrected chi connectivity index (χ3v) is 6.51. The lowest BCUT2D eigenvalue weighted by molar-refractivity contribution is -0.123. The summed E-state index contributed by atoms with van der Waals surface area (Å²) < 4.78 is 37.9. The summed E-state index contributed by atoms with van der Waals surface area (Å²) in [4.78, 5) is 13.4. The Kier molecular flexibility index (Phi) is 6.50. The number of fused-ring (bicyclic) bond motifs is 1. The maximum Gasteiger partial charge on any atom is 0.244 e. The van der Waals surface area contributed by atoms with Crippen molar-refractivity contribution in [3.63, 3.8) is 0 Å². The van der Waals surface area contributed by atoms with Gasteiger partial charge < -0.3 is 14.8 Å². The van der Waals surface area contributed by atoms with Crippen molar-refractivity contribution in [1.29, 1.82) is 0 Å². The van der Waals surface area contributed by atoms with Gasteiger partial charge in [-0.3, -0.25) is 9.10 Å². The average molecular weight is 447 g/mol. The molecule has 2 atom stereocenters. The highest BCUT2D eigenvalue weighted by Gasteiger charge is 2.37. The minimum absolute atomic E-state index is 0.284. The second-order valence-electron chi connectivity index (χ2n) is 8.35. The highest BCUT2D eigenvalue weighted by atomic mass is 32.2. The van der Waals surface area contributed by atoms with E-state index >= 15 is 0 Å². The van der Waals surface area contributed by atoms with Crippen molar-refractivity contribution < 1.29 is 22.7 Å². The first kappa shape index (κ1) is 22.9. The molecule has 2 aromatic rings. The van der Waals surface area contributed by atoms with Crippen molar-refractivity contribution in [2.24, 2.45) is 0 Å². The summed E-state index contributed by atoms with van der Waals surface area (Å²) in [5, 5.41) is 3.08. The quantitative estimate of drug-likeness (QED) is 0.702. The monoisotopic (exact) mass is 446 g/mol. The van der Waals surface area contributed by atoms with Gasteiger partial charge in [-0.05, 0) is 38.5 Å². The van der Waals surface area contributed by atoms with E-state index in [1.54, 1.807) is 31.2 Å². The third-order valence-electron chi connectivity index (χ3n) is 5.33. The van der Waals surface area contributed by atoms with Gasteiger partial charge in [0.25, 0.3) is 0 Å². The number of sulfonamides is 1. The van der Waals surface area contributed by atoms with Crippen molar-refractivity contribution in [2.45, 2.75) is 51.3 Å². The molecule has 168 valence electrons. The predicted molar refractivity (Wildman–Crippen MR) is 121 cm³/mol. The topological polar surface area (TPSA) is 84.9 Å². The molecule has 2 aromatic carbocycles. The van der Waals surface area contributed by atoms with E-state index in [9.17, 15) is 13.2 Å². The van der Waals surface area contributed by atoms with Crippen LogP contribution in [0.25, 0.3) is 0 Å². The van der Waals surface area contributed by atoms with Crippen molar-refractivity contribution in [3.8, 4) is 11.5 Å². The number of amides is 1. The molecule has 8 heteroatoms. The minimum Gasteiger partial charge on any atom is -0.497 e. The van der Waals surface area contributed by atoms with E-state index < -0.39 is 21.7 Å². The molecule has 0 saturated heterocycles. The maximum absolute atomic E-state index is 13.4. The van der Waals surface area contributed by atoms with E-state index in [-0.39, 0.29) is 11.9 Å². The van der Waals surface area contributed by atoms with Gasteiger partial charge in [0.15, 0.2) is 0 Å². The molecule has 0 aromatic heterocycles. The standard InChI is InChI=1S/C23H30N2O5S/c1-6-20(25(31(5,27)28)16-10-9-11-17(14-16)29-4)22(26)24-19-15-23(2,3)30-21-13-8-7-12-18(19)21/h7-14,19-20H,6,15H2,1-5H3,(H,24,26)/t19-,20+/m1/s1. The molecule has 0 aliphatic carbocycles. The average Bonchev–Trinajstić information content (AvgIpc) is 2.70. The van der Waals surface area contributed by atoms with E-state index in [1.807, 2.05) is 38.1 Å². The van der Waals surface area contributed by atoms with Crippen LogP contribution in [-0.4, -0.2) is 39.3 Å². The predicted octanol–water partition coefficient (Wildman–Crippen LogP) is 3.66. The fourth-order valence-corrected chi connectivity index (χ4v) is 5.21. The zero-order valence-corrected chi connectivity index (χ0v) is 19.4. The fourth-order valence-electron chi connectivity index (χ4n) is 4.01. The number of hydrogen-bond donors (Lipinski definition) is 1. The molecule has 0 unspecified atom stereocenters. The highest BCUT2D eigenvalue weighted by Crippen LogP contribution is 2.39. The number of methoxy groups -OCH3 is 1. The Balaban J connectivity index is 1.94. The zero-order valence-electron chi connectivity index (χ0n) is 18.6. The highest BCUT2D eigenvalue weighted by molar-refractivity contribution is 7.92. The van der Waals surface area contributed by atoms with Gasteiger partial charge >= 0.3 is 0 Å². The van der Waals surface area contributed by atoms with Gasteiger partial charge in [0.2, 0.25) is 15.9 Å². The zero-order chi connectivity index (χ0) is 22.8. The molecule has 3 rings (SSSR count). The van der Waals surface area contributed by atoms with Crippen LogP contribution in [0, 0.1) is 0 Å². The second kappa shape index (κ2) is 8.78. The summed E-state index contributed by atoms with van der Waals surface area (Å²) in [7, 11) is -2.22. The van der Waals surface area contributed by atoms with Crippen LogP contribution in [0.4, 0.5) is 5.69 Å². The Morgan fingerprint density at radius 3 is 2.61 bits per heavy atom. The van der Waals surface area contributed by atoms with Gasteiger partial charge in [-0.1, -0.05) is 31.2 Å². The number of nitrogens with one attached hydrogen (secondary N) is 1. The van der Waals surface area contributed by atoms with Gasteiger partial charge in [0.1, 0.15) is 23.1 Å². The number of carbonyl (C=O) groups is 1. The van der Waals surface area contributed by atoms with Crippen molar-refractivity contribution in [1.82, 2.24) is 5.32 Å². The lowest BCUT2D eigenvalue weighted by Crippen LogP contribution is -2.51. The number of benzene rings is 2. The SMILES string of the molecule is CC[C@@H](C(=O)N[C@@H]1CC(C)(C)Oc2ccccc21)N(c1cccc(OC)c1)S(C)(=O)=O. The molecular weight excluding hydrogens is 416 g/mol. The summed E-state index contributed by atoms with van der Waals surface area (Å²) >= 11 is 0. The van der Waals surface area contributed by atoms with E-state index in [1.165, 1.54) is 11.4 Å². The van der Waals surface area contributed by atoms with E-state index in [0.29, 0.717) is 24.3 Å². The first-order valence-corrected chi connectivity index (χ1v) is 12.1. The van der Waals surface area contributed by atoms with E-state index in [2.05, 4.69) is 5.32 Å². The lowest BCUT2D eigenvalue weighted by atomic mass is 9.89. The van der Waals surface area contributed by atoms with Gasteiger partial charge in [0, 0.05) is 18.1 Å². The number of para-hydroxylation sites is 1. The summed E-state index contributed by atoms with van der Waals surface area (Å²) in [6.07, 6.45) is 1.99. The first-order valence-electron chi connectivity index (χ1n) is 10.3. The van der Waals surface area contributed by atoms with Crippen LogP contribution in [0.15, 0.2) is 48.5 Å². The van der Waals surface area contributed by atoms with E-state index in [0.717, 1.165) is 17.6 Å². The van der Waals surface area contributed by atoms with Crippen LogP contribution in [0.1, 0.15) is 45.2 Å². The Bertz CT molecular complexity index is 1050. The number of carbonyl (C=O) groups excluding carboxylic acids is 1. The third kappa shape index (κ3) is 5.12. The fraction of sp³-hybridized carbons (Fsp3) is 0.435. The molecule has 0 fully saturated rings. The number of hydrogen-bond acceptors (Lipinski definition) is 5. The van der Waals surface area contributed by atoms with Crippen LogP contribution in [0.2, 0.25) is 0 Å². The Morgan fingerprint density at radius 2 is 1.97 bits per heavy atom. The number of rotatable bonds is 7. The van der Waals surface area contributed by atoms with Crippen molar-refractivity contribution in [3.05, 3.63) is 54.1 Å². The molecule has 0 bridgehead atoms. The van der Waals surface area contributed by atoms with Gasteiger partial charge in [-0.25, -0.2) is 8.42 Å². The van der Waals surface area contributed by atoms with Gasteiger partial charge in [0.05, 0.1) is 25.1 Å². The van der Waals surface area contributed by atoms with Crippen LogP contribution in [0.5, 0.6) is 11.5 Å². The largest absolute Gasteiger partial charge is 0.497 e. The molecule has 0 saturated carbocycles. The number of ether oxygens (including phenoxy) is 2. The molecule has 31 heavy (non-hydrogen) atoms. The lowest BCUT2D eigenvalue weighted by Gasteiger charge is -2.39. The van der Waals surface area contributed by atoms with Crippen LogP contribution >= 0.6 is 0 Å². The molecular formula is C23H30N2O5S. The second-order valence-corrected chi connectivity index (χ2v) is 10.2. The van der Waals surface area contributed by atoms with Crippen LogP contribution < -0.4 is 19.1 Å². The first-order chi connectivity index (χ1) is 14.6. The Hall–Kier alpha value is -2.74.